The molecule has 2 aliphatic rings. The van der Waals surface area contributed by atoms with Gasteiger partial charge in [0.15, 0.2) is 0 Å². The first-order valence-corrected chi connectivity index (χ1v) is 22.4. The lowest BCUT2D eigenvalue weighted by Crippen LogP contribution is -2.35. The third-order valence-corrected chi connectivity index (χ3v) is 11.1. The lowest BCUT2D eigenvalue weighted by Gasteiger charge is -2.37. The molecule has 0 radical (unpaired) electrons. The van der Waals surface area contributed by atoms with Crippen molar-refractivity contribution in [3.63, 3.8) is 0 Å². The fraction of sp³-hybridized carbons (Fsp3) is 0.115. The first kappa shape index (κ1) is 51.3. The van der Waals surface area contributed by atoms with Crippen molar-refractivity contribution in [3.8, 4) is 11.1 Å². The van der Waals surface area contributed by atoms with E-state index < -0.39 is 5.54 Å². The molecule has 326 valence electrons. The van der Waals surface area contributed by atoms with E-state index in [4.69, 9.17) is 0 Å². The Morgan fingerprint density at radius 3 is 2.06 bits per heavy atom. The number of hydrogen-bond donors (Lipinski definition) is 1. The van der Waals surface area contributed by atoms with E-state index in [2.05, 4.69) is 221 Å². The molecule has 0 saturated carbocycles. The number of fused-ring (bicyclic) bond motifs is 1. The second-order valence-electron chi connectivity index (χ2n) is 14.6. The fourth-order valence-corrected chi connectivity index (χ4v) is 7.66. The molecule has 0 amide bonds. The number of benzene rings is 4. The number of hydrogen-bond acceptors (Lipinski definition) is 3. The molecule has 2 heterocycles. The second kappa shape index (κ2) is 27.8. The summed E-state index contributed by atoms with van der Waals surface area (Å²) in [6, 6.07) is 34.4. The molecule has 0 bridgehead atoms. The zero-order chi connectivity index (χ0) is 46.7. The first-order chi connectivity index (χ1) is 31.1. The van der Waals surface area contributed by atoms with Gasteiger partial charge < -0.3 is 10.2 Å². The monoisotopic (exact) mass is 858 g/mol. The highest BCUT2D eigenvalue weighted by Crippen LogP contribution is 2.39. The van der Waals surface area contributed by atoms with Crippen LogP contribution in [0, 0.1) is 0 Å². The first-order valence-electron chi connectivity index (χ1n) is 21.5. The maximum atomic E-state index is 4.38. The lowest BCUT2D eigenvalue weighted by atomic mass is 9.88. The summed E-state index contributed by atoms with van der Waals surface area (Å²) in [5.74, 6) is 0. The van der Waals surface area contributed by atoms with E-state index in [1.54, 1.807) is 17.8 Å². The van der Waals surface area contributed by atoms with Gasteiger partial charge in [0, 0.05) is 24.3 Å². The van der Waals surface area contributed by atoms with Gasteiger partial charge in [0.1, 0.15) is 0 Å². The van der Waals surface area contributed by atoms with Crippen molar-refractivity contribution < 1.29 is 0 Å². The van der Waals surface area contributed by atoms with E-state index in [9.17, 15) is 0 Å². The van der Waals surface area contributed by atoms with E-state index in [1.165, 1.54) is 5.56 Å². The van der Waals surface area contributed by atoms with Crippen LogP contribution in [-0.2, 0) is 12.0 Å². The van der Waals surface area contributed by atoms with Gasteiger partial charge in [-0.25, -0.2) is 0 Å². The number of rotatable bonds is 10. The van der Waals surface area contributed by atoms with Crippen LogP contribution in [0.25, 0.3) is 27.8 Å². The molecule has 4 aromatic rings. The third-order valence-electron chi connectivity index (χ3n) is 10.2. The van der Waals surface area contributed by atoms with Crippen molar-refractivity contribution in [2.75, 3.05) is 7.05 Å². The molecule has 6 rings (SSSR count). The van der Waals surface area contributed by atoms with E-state index in [-0.39, 0.29) is 0 Å². The highest BCUT2D eigenvalue weighted by Gasteiger charge is 2.29. The minimum atomic E-state index is -0.550. The number of aryl methyl sites for hydroxylation is 1. The molecule has 0 saturated heterocycles. The van der Waals surface area contributed by atoms with Crippen molar-refractivity contribution in [1.82, 2.24) is 10.2 Å². The summed E-state index contributed by atoms with van der Waals surface area (Å²) in [6.07, 6.45) is 35.9. The van der Waals surface area contributed by atoms with Crippen molar-refractivity contribution in [2.24, 2.45) is 0 Å². The normalized spacial score (nSPS) is 17.8. The Morgan fingerprint density at radius 1 is 0.734 bits per heavy atom. The molecule has 2 aliphatic heterocycles. The van der Waals surface area contributed by atoms with Gasteiger partial charge >= 0.3 is 0 Å². The predicted octanol–water partition coefficient (Wildman–Crippen LogP) is 17.0. The van der Waals surface area contributed by atoms with E-state index >= 15 is 0 Å². The Morgan fingerprint density at radius 2 is 1.41 bits per heavy atom. The number of nitrogens with one attached hydrogen (secondary N) is 1. The topological polar surface area (TPSA) is 15.3 Å². The van der Waals surface area contributed by atoms with Gasteiger partial charge in [-0.1, -0.05) is 197 Å². The van der Waals surface area contributed by atoms with Crippen LogP contribution in [0.4, 0.5) is 0 Å². The zero-order valence-corrected chi connectivity index (χ0v) is 39.5. The van der Waals surface area contributed by atoms with Gasteiger partial charge in [0.25, 0.3) is 0 Å². The maximum Gasteiger partial charge on any atom is 0.0863 e. The molecule has 0 spiro atoms. The Bertz CT molecular complexity index is 2480. The second-order valence-corrected chi connectivity index (χ2v) is 15.5. The average molecular weight is 859 g/mol. The molecule has 64 heavy (non-hydrogen) atoms. The highest BCUT2D eigenvalue weighted by atomic mass is 32.2. The Kier molecular flexibility index (Phi) is 22.3. The Balaban J connectivity index is 0.000000730. The summed E-state index contributed by atoms with van der Waals surface area (Å²) < 4.78 is 0. The Labute approximate surface area is 390 Å². The van der Waals surface area contributed by atoms with Gasteiger partial charge in [0.2, 0.25) is 0 Å². The molecule has 4 aromatic carbocycles. The van der Waals surface area contributed by atoms with E-state index in [1.807, 2.05) is 69.6 Å². The quantitative estimate of drug-likeness (QED) is 0.126. The van der Waals surface area contributed by atoms with Crippen LogP contribution in [0.15, 0.2) is 268 Å². The zero-order valence-electron chi connectivity index (χ0n) is 38.6. The molecule has 1 atom stereocenters. The fourth-order valence-electron chi connectivity index (χ4n) is 6.72. The van der Waals surface area contributed by atoms with Crippen molar-refractivity contribution in [3.05, 3.63) is 291 Å². The molecular weight excluding hydrogens is 793 g/mol. The van der Waals surface area contributed by atoms with Crippen LogP contribution in [0.5, 0.6) is 0 Å². The summed E-state index contributed by atoms with van der Waals surface area (Å²) >= 11 is 1.70. The number of allylic oxidation sites excluding steroid dienone is 18. The summed E-state index contributed by atoms with van der Waals surface area (Å²) in [5, 5.41) is 5.33. The number of thioether (sulfide) groups is 1. The van der Waals surface area contributed by atoms with Crippen LogP contribution in [0.3, 0.4) is 0 Å². The molecule has 0 aliphatic carbocycles. The van der Waals surface area contributed by atoms with Gasteiger partial charge in [-0.3, -0.25) is 0 Å². The van der Waals surface area contributed by atoms with Gasteiger partial charge in [-0.05, 0) is 136 Å². The van der Waals surface area contributed by atoms with Crippen molar-refractivity contribution in [1.29, 1.82) is 0 Å². The maximum absolute atomic E-state index is 4.38. The van der Waals surface area contributed by atoms with Crippen LogP contribution in [0.1, 0.15) is 55.5 Å². The van der Waals surface area contributed by atoms with Crippen LogP contribution < -0.4 is 5.32 Å². The highest BCUT2D eigenvalue weighted by molar-refractivity contribution is 8.02. The predicted molar refractivity (Wildman–Crippen MR) is 288 cm³/mol. The standard InChI is InChI=1S/C48H46N2S.C8H10.C3H6.C2H4/c1-8-16-39(17-9-2)41-20-14-21-42(35-41)40-24-26-44(27-25-40)48(6,29-30-49-7)50-31-12-10-18-36(3)38(5)34-43(28-32-50)46-23-15-22-45-37(4)19-11-13-33-51-47(45)46;1-2-8-6-4-3-5-7-8;1-3-2;1-2/h8-35,49H,1,3-5H2,2,6-7H3;3-7H,2H2,1H3;3H,1H2,2H3;1-2H2/b17-9-,18-10-,19-11-,30-29-,31-12-,32-28-,33-13-,39-16+,43-34+;;;. The van der Waals surface area contributed by atoms with E-state index in [0.29, 0.717) is 0 Å². The van der Waals surface area contributed by atoms with Gasteiger partial charge in [-0.2, -0.15) is 0 Å². The molecule has 1 unspecified atom stereocenters. The Hall–Kier alpha value is -7.07. The summed E-state index contributed by atoms with van der Waals surface area (Å²) in [6.45, 7) is 34.6. The average Bonchev–Trinajstić information content (AvgIpc) is 3.35. The minimum absolute atomic E-state index is 0.550. The molecular formula is C61H66N2S. The van der Waals surface area contributed by atoms with Crippen molar-refractivity contribution >= 4 is 28.5 Å². The SMILES string of the molecule is C=C.C=C/C=C(\C=C/C)c1cccc(-c2ccc(C(C)(/C=C\NC)N3/C=C\C=C/C(=C)C(=C)/C=C(c4cccc5c4S/C=C\C=C/C5=C)\C=C/3)cc2)c1.C=CC.CCc1ccccc1. The molecule has 0 fully saturated rings. The molecule has 0 aromatic heterocycles. The van der Waals surface area contributed by atoms with Gasteiger partial charge in [0.05, 0.1) is 5.54 Å². The molecule has 3 heteroatoms. The smallest absolute Gasteiger partial charge is 0.0863 e. The van der Waals surface area contributed by atoms with Crippen LogP contribution >= 0.6 is 11.8 Å². The summed E-state index contributed by atoms with van der Waals surface area (Å²) in [7, 11) is 1.92. The molecule has 1 N–H and O–H groups in total. The minimum Gasteiger partial charge on any atom is -0.394 e. The lowest BCUT2D eigenvalue weighted by molar-refractivity contribution is 0.298. The largest absolute Gasteiger partial charge is 0.394 e. The summed E-state index contributed by atoms with van der Waals surface area (Å²) in [5.41, 5.74) is 12.5. The van der Waals surface area contributed by atoms with E-state index in [0.717, 1.165) is 72.6 Å². The third kappa shape index (κ3) is 14.8. The molecule has 2 nitrogen and oxygen atoms in total. The summed E-state index contributed by atoms with van der Waals surface area (Å²) in [4.78, 5) is 3.40. The van der Waals surface area contributed by atoms with Crippen LogP contribution in [0.2, 0.25) is 0 Å². The van der Waals surface area contributed by atoms with Crippen molar-refractivity contribution in [2.45, 2.75) is 44.6 Å². The number of nitrogens with zero attached hydrogens (tertiary/aromatic N) is 1. The van der Waals surface area contributed by atoms with Crippen LogP contribution in [-0.4, -0.2) is 11.9 Å². The van der Waals surface area contributed by atoms with Gasteiger partial charge in [-0.15, -0.1) is 19.7 Å².